The van der Waals surface area contributed by atoms with Gasteiger partial charge in [0.2, 0.25) is 0 Å². The summed E-state index contributed by atoms with van der Waals surface area (Å²) in [7, 11) is 3.70. The molecular weight excluding hydrogens is 202 g/mol. The number of nitrogens with zero attached hydrogens (tertiary/aromatic N) is 2. The largest absolute Gasteiger partial charge is 0.377 e. The second-order valence-corrected chi connectivity index (χ2v) is 4.88. The first kappa shape index (κ1) is 13.2. The van der Waals surface area contributed by atoms with Crippen LogP contribution in [0, 0.1) is 6.92 Å². The molecule has 0 aromatic carbocycles. The van der Waals surface area contributed by atoms with Gasteiger partial charge >= 0.3 is 0 Å². The van der Waals surface area contributed by atoms with E-state index >= 15 is 0 Å². The van der Waals surface area contributed by atoms with E-state index in [-0.39, 0.29) is 5.60 Å². The lowest BCUT2D eigenvalue weighted by atomic mass is 10.1. The van der Waals surface area contributed by atoms with Gasteiger partial charge in [-0.1, -0.05) is 0 Å². The Morgan fingerprint density at radius 3 is 2.62 bits per heavy atom. The van der Waals surface area contributed by atoms with Crippen molar-refractivity contribution < 1.29 is 4.74 Å². The van der Waals surface area contributed by atoms with Crippen molar-refractivity contribution >= 4 is 0 Å². The highest BCUT2D eigenvalue weighted by Gasteiger charge is 2.19. The Kier molecular flexibility index (Phi) is 4.10. The quantitative estimate of drug-likeness (QED) is 0.830. The molecule has 1 N–H and O–H groups in total. The predicted octanol–water partition coefficient (Wildman–Crippen LogP) is 1.80. The number of aromatic nitrogens is 2. The number of hydrogen-bond donors (Lipinski definition) is 1. The van der Waals surface area contributed by atoms with Crippen LogP contribution >= 0.6 is 0 Å². The van der Waals surface area contributed by atoms with Crippen LogP contribution in [0.4, 0.5) is 0 Å². The maximum Gasteiger partial charge on any atom is 0.0746 e. The molecule has 0 amide bonds. The molecule has 1 atom stereocenters. The summed E-state index contributed by atoms with van der Waals surface area (Å²) in [5.41, 5.74) is 2.31. The van der Waals surface area contributed by atoms with Gasteiger partial charge in [-0.3, -0.25) is 4.68 Å². The monoisotopic (exact) mass is 225 g/mol. The minimum atomic E-state index is -0.135. The lowest BCUT2D eigenvalue weighted by Crippen LogP contribution is -2.37. The molecule has 1 rings (SSSR count). The van der Waals surface area contributed by atoms with Crippen molar-refractivity contribution in [3.05, 3.63) is 17.5 Å². The Hall–Kier alpha value is -0.870. The highest BCUT2D eigenvalue weighted by atomic mass is 16.5. The molecule has 4 heteroatoms. The van der Waals surface area contributed by atoms with Gasteiger partial charge in [0.15, 0.2) is 0 Å². The molecule has 1 aromatic rings. The van der Waals surface area contributed by atoms with Gasteiger partial charge in [-0.2, -0.15) is 5.10 Å². The lowest BCUT2D eigenvalue weighted by Gasteiger charge is -2.25. The Morgan fingerprint density at radius 1 is 1.56 bits per heavy atom. The average molecular weight is 225 g/mol. The molecule has 0 radical (unpaired) electrons. The standard InChI is InChI=1S/C12H23N3O/c1-9(13-8-12(3,4)16-6)11-7-14-15(5)10(11)2/h7,9,13H,8H2,1-6H3. The van der Waals surface area contributed by atoms with Gasteiger partial charge < -0.3 is 10.1 Å². The van der Waals surface area contributed by atoms with Gasteiger partial charge in [0.05, 0.1) is 11.8 Å². The molecule has 1 aromatic heterocycles. The molecular formula is C12H23N3O. The molecule has 92 valence electrons. The first-order chi connectivity index (χ1) is 7.37. The Labute approximate surface area is 98.0 Å². The summed E-state index contributed by atoms with van der Waals surface area (Å²) in [4.78, 5) is 0. The normalized spacial score (nSPS) is 14.1. The number of hydrogen-bond acceptors (Lipinski definition) is 3. The number of methoxy groups -OCH3 is 1. The van der Waals surface area contributed by atoms with Crippen molar-refractivity contribution in [1.82, 2.24) is 15.1 Å². The number of nitrogens with one attached hydrogen (secondary N) is 1. The van der Waals surface area contributed by atoms with Gasteiger partial charge in [-0.25, -0.2) is 0 Å². The Balaban J connectivity index is 2.60. The third-order valence-electron chi connectivity index (χ3n) is 3.13. The minimum absolute atomic E-state index is 0.135. The number of rotatable bonds is 5. The molecule has 0 aliphatic rings. The summed E-state index contributed by atoms with van der Waals surface area (Å²) in [6.45, 7) is 9.20. The SMILES string of the molecule is COC(C)(C)CNC(C)c1cnn(C)c1C. The van der Waals surface area contributed by atoms with Crippen LogP contribution in [0.3, 0.4) is 0 Å². The van der Waals surface area contributed by atoms with Gasteiger partial charge in [-0.15, -0.1) is 0 Å². The maximum atomic E-state index is 5.38. The molecule has 0 fully saturated rings. The summed E-state index contributed by atoms with van der Waals surface area (Å²) in [6.07, 6.45) is 1.92. The zero-order chi connectivity index (χ0) is 12.3. The van der Waals surface area contributed by atoms with E-state index in [0.717, 1.165) is 6.54 Å². The molecule has 16 heavy (non-hydrogen) atoms. The predicted molar refractivity (Wildman–Crippen MR) is 65.5 cm³/mol. The van der Waals surface area contributed by atoms with Gasteiger partial charge in [0.25, 0.3) is 0 Å². The van der Waals surface area contributed by atoms with E-state index in [0.29, 0.717) is 6.04 Å². The van der Waals surface area contributed by atoms with Crippen LogP contribution < -0.4 is 5.32 Å². The fourth-order valence-corrected chi connectivity index (χ4v) is 1.52. The van der Waals surface area contributed by atoms with Crippen LogP contribution in [0.25, 0.3) is 0 Å². The summed E-state index contributed by atoms with van der Waals surface area (Å²) in [6, 6.07) is 0.295. The van der Waals surface area contributed by atoms with Crippen LogP contribution in [-0.2, 0) is 11.8 Å². The van der Waals surface area contributed by atoms with Crippen LogP contribution in [0.15, 0.2) is 6.20 Å². The first-order valence-electron chi connectivity index (χ1n) is 5.64. The average Bonchev–Trinajstić information content (AvgIpc) is 2.57. The van der Waals surface area contributed by atoms with Crippen molar-refractivity contribution in [2.75, 3.05) is 13.7 Å². The third kappa shape index (κ3) is 3.06. The zero-order valence-corrected chi connectivity index (χ0v) is 11.2. The maximum absolute atomic E-state index is 5.38. The van der Waals surface area contributed by atoms with E-state index in [1.54, 1.807) is 7.11 Å². The summed E-state index contributed by atoms with van der Waals surface area (Å²) in [5.74, 6) is 0. The molecule has 0 saturated carbocycles. The molecule has 0 saturated heterocycles. The second-order valence-electron chi connectivity index (χ2n) is 4.88. The number of aryl methyl sites for hydroxylation is 1. The fourth-order valence-electron chi connectivity index (χ4n) is 1.52. The van der Waals surface area contributed by atoms with Crippen molar-refractivity contribution in [2.24, 2.45) is 7.05 Å². The van der Waals surface area contributed by atoms with E-state index < -0.39 is 0 Å². The minimum Gasteiger partial charge on any atom is -0.377 e. The second kappa shape index (κ2) is 4.97. The highest BCUT2D eigenvalue weighted by Crippen LogP contribution is 2.17. The van der Waals surface area contributed by atoms with Gasteiger partial charge in [-0.05, 0) is 27.7 Å². The van der Waals surface area contributed by atoms with E-state index in [1.807, 2.05) is 17.9 Å². The zero-order valence-electron chi connectivity index (χ0n) is 11.2. The smallest absolute Gasteiger partial charge is 0.0746 e. The van der Waals surface area contributed by atoms with Crippen molar-refractivity contribution in [3.8, 4) is 0 Å². The topological polar surface area (TPSA) is 39.1 Å². The van der Waals surface area contributed by atoms with E-state index in [2.05, 4.69) is 38.1 Å². The molecule has 0 aliphatic heterocycles. The molecule has 4 nitrogen and oxygen atoms in total. The first-order valence-corrected chi connectivity index (χ1v) is 5.64. The highest BCUT2D eigenvalue weighted by molar-refractivity contribution is 5.19. The van der Waals surface area contributed by atoms with Crippen LogP contribution in [0.1, 0.15) is 38.1 Å². The number of ether oxygens (including phenoxy) is 1. The Morgan fingerprint density at radius 2 is 2.19 bits per heavy atom. The van der Waals surface area contributed by atoms with E-state index in [9.17, 15) is 0 Å². The third-order valence-corrected chi connectivity index (χ3v) is 3.13. The van der Waals surface area contributed by atoms with Gasteiger partial charge in [0.1, 0.15) is 0 Å². The van der Waals surface area contributed by atoms with Crippen molar-refractivity contribution in [1.29, 1.82) is 0 Å². The van der Waals surface area contributed by atoms with E-state index in [4.69, 9.17) is 4.74 Å². The van der Waals surface area contributed by atoms with Crippen molar-refractivity contribution in [2.45, 2.75) is 39.3 Å². The molecule has 0 bridgehead atoms. The van der Waals surface area contributed by atoms with Crippen molar-refractivity contribution in [3.63, 3.8) is 0 Å². The van der Waals surface area contributed by atoms with Gasteiger partial charge in [0, 0.05) is 38.0 Å². The molecule has 1 unspecified atom stereocenters. The van der Waals surface area contributed by atoms with Crippen LogP contribution in [0.5, 0.6) is 0 Å². The van der Waals surface area contributed by atoms with E-state index in [1.165, 1.54) is 11.3 Å². The Bertz CT molecular complexity index is 344. The molecule has 1 heterocycles. The lowest BCUT2D eigenvalue weighted by molar-refractivity contribution is 0.0214. The van der Waals surface area contributed by atoms with Crippen LogP contribution in [0.2, 0.25) is 0 Å². The fraction of sp³-hybridized carbons (Fsp3) is 0.750. The van der Waals surface area contributed by atoms with Crippen LogP contribution in [-0.4, -0.2) is 29.0 Å². The summed E-state index contributed by atoms with van der Waals surface area (Å²) >= 11 is 0. The summed E-state index contributed by atoms with van der Waals surface area (Å²) in [5, 5.41) is 7.71. The summed E-state index contributed by atoms with van der Waals surface area (Å²) < 4.78 is 7.27. The molecule has 0 spiro atoms. The molecule has 0 aliphatic carbocycles.